The molecule has 0 bridgehead atoms. The summed E-state index contributed by atoms with van der Waals surface area (Å²) in [5.74, 6) is 0.600. The molecule has 0 N–H and O–H groups in total. The van der Waals surface area contributed by atoms with Crippen LogP contribution in [-0.4, -0.2) is 12.6 Å². The van der Waals surface area contributed by atoms with Crippen LogP contribution in [0.4, 0.5) is 0 Å². The van der Waals surface area contributed by atoms with Crippen molar-refractivity contribution in [2.75, 3.05) is 6.61 Å². The summed E-state index contributed by atoms with van der Waals surface area (Å²) < 4.78 is 5.52. The molecule has 0 spiro atoms. The molecule has 0 aromatic rings. The lowest BCUT2D eigenvalue weighted by Crippen LogP contribution is -2.14. The first-order chi connectivity index (χ1) is 10.7. The maximum atomic E-state index is 11.7. The average molecular weight is 313 g/mol. The third-order valence-electron chi connectivity index (χ3n) is 4.40. The van der Waals surface area contributed by atoms with Crippen molar-refractivity contribution in [2.24, 2.45) is 5.92 Å². The number of ether oxygens (including phenoxy) is 1. The molecule has 0 radical (unpaired) electrons. The van der Waals surface area contributed by atoms with Gasteiger partial charge in [0.15, 0.2) is 0 Å². The molecule has 0 saturated carbocycles. The summed E-state index contributed by atoms with van der Waals surface area (Å²) in [5, 5.41) is 0. The van der Waals surface area contributed by atoms with Crippen LogP contribution in [0.1, 0.15) is 111 Å². The van der Waals surface area contributed by atoms with Crippen LogP contribution < -0.4 is 0 Å². The van der Waals surface area contributed by atoms with Crippen LogP contribution >= 0.6 is 0 Å². The fraction of sp³-hybridized carbons (Fsp3) is 0.950. The number of carbonyl (C=O) groups excluding carboxylic acids is 1. The lowest BCUT2D eigenvalue weighted by Gasteiger charge is -2.17. The van der Waals surface area contributed by atoms with Crippen molar-refractivity contribution in [1.29, 1.82) is 0 Å². The molecular formula is C20H40O2. The second-order valence-corrected chi connectivity index (χ2v) is 6.70. The Bertz CT molecular complexity index is 238. The number of hydrogen-bond acceptors (Lipinski definition) is 2. The minimum Gasteiger partial charge on any atom is -0.465 e. The van der Waals surface area contributed by atoms with Gasteiger partial charge in [0.1, 0.15) is 0 Å². The second-order valence-electron chi connectivity index (χ2n) is 6.70. The zero-order chi connectivity index (χ0) is 16.5. The van der Waals surface area contributed by atoms with Gasteiger partial charge in [-0.2, -0.15) is 0 Å². The van der Waals surface area contributed by atoms with Gasteiger partial charge in [0.25, 0.3) is 0 Å². The Balaban J connectivity index is 3.87. The second kappa shape index (κ2) is 16.8. The first kappa shape index (κ1) is 21.5. The molecule has 132 valence electrons. The highest BCUT2D eigenvalue weighted by Crippen LogP contribution is 2.19. The topological polar surface area (TPSA) is 26.3 Å². The largest absolute Gasteiger partial charge is 0.465 e. The molecule has 0 aliphatic rings. The van der Waals surface area contributed by atoms with Crippen LogP contribution in [0.3, 0.4) is 0 Å². The van der Waals surface area contributed by atoms with Crippen molar-refractivity contribution in [3.05, 3.63) is 0 Å². The minimum atomic E-state index is 0.0138. The molecule has 2 nitrogen and oxygen atoms in total. The molecule has 1 atom stereocenters. The highest BCUT2D eigenvalue weighted by atomic mass is 16.5. The Morgan fingerprint density at radius 1 is 0.727 bits per heavy atom. The molecule has 0 aromatic heterocycles. The van der Waals surface area contributed by atoms with Gasteiger partial charge in [-0.1, -0.05) is 85.0 Å². The first-order valence-corrected chi connectivity index (χ1v) is 9.90. The number of hydrogen-bond donors (Lipinski definition) is 0. The molecule has 0 amide bonds. The van der Waals surface area contributed by atoms with E-state index in [9.17, 15) is 4.79 Å². The highest BCUT2D eigenvalue weighted by Gasteiger charge is 2.12. The van der Waals surface area contributed by atoms with Gasteiger partial charge in [0.05, 0.1) is 6.61 Å². The van der Waals surface area contributed by atoms with Crippen molar-refractivity contribution in [3.8, 4) is 0 Å². The summed E-state index contributed by atoms with van der Waals surface area (Å²) in [7, 11) is 0. The van der Waals surface area contributed by atoms with E-state index in [-0.39, 0.29) is 5.97 Å². The Morgan fingerprint density at radius 2 is 1.23 bits per heavy atom. The van der Waals surface area contributed by atoms with Crippen LogP contribution in [0.2, 0.25) is 0 Å². The summed E-state index contributed by atoms with van der Waals surface area (Å²) >= 11 is 0. The van der Waals surface area contributed by atoms with Gasteiger partial charge in [-0.25, -0.2) is 0 Å². The van der Waals surface area contributed by atoms with E-state index in [4.69, 9.17) is 4.74 Å². The maximum absolute atomic E-state index is 11.7. The highest BCUT2D eigenvalue weighted by molar-refractivity contribution is 5.69. The Hall–Kier alpha value is -0.530. The summed E-state index contributed by atoms with van der Waals surface area (Å²) in [4.78, 5) is 11.7. The molecule has 0 rings (SSSR count). The summed E-state index contributed by atoms with van der Waals surface area (Å²) in [6.45, 7) is 7.31. The molecule has 0 fully saturated rings. The number of rotatable bonds is 16. The molecular weight excluding hydrogens is 272 g/mol. The van der Waals surface area contributed by atoms with Gasteiger partial charge >= 0.3 is 5.97 Å². The van der Waals surface area contributed by atoms with E-state index in [1.807, 2.05) is 0 Å². The number of esters is 1. The Morgan fingerprint density at radius 3 is 1.86 bits per heavy atom. The standard InChI is InChI=1S/C20H40O2/c1-4-7-10-11-14-16-19(15-12-8-5-2)18-22-20(21)17-13-9-6-3/h19H,4-18H2,1-3H3. The summed E-state index contributed by atoms with van der Waals surface area (Å²) in [5.41, 5.74) is 0. The third kappa shape index (κ3) is 14.4. The van der Waals surface area contributed by atoms with Gasteiger partial charge in [0, 0.05) is 6.42 Å². The molecule has 0 saturated heterocycles. The summed E-state index contributed by atoms with van der Waals surface area (Å²) in [6.07, 6.45) is 16.8. The van der Waals surface area contributed by atoms with Gasteiger partial charge < -0.3 is 4.74 Å². The van der Waals surface area contributed by atoms with E-state index >= 15 is 0 Å². The van der Waals surface area contributed by atoms with Crippen LogP contribution in [0.15, 0.2) is 0 Å². The van der Waals surface area contributed by atoms with Crippen molar-refractivity contribution in [1.82, 2.24) is 0 Å². The molecule has 0 heterocycles. The van der Waals surface area contributed by atoms with Crippen LogP contribution in [0.25, 0.3) is 0 Å². The number of carbonyl (C=O) groups is 1. The smallest absolute Gasteiger partial charge is 0.305 e. The Kier molecular flexibility index (Phi) is 16.4. The molecule has 22 heavy (non-hydrogen) atoms. The normalized spacial score (nSPS) is 12.3. The average Bonchev–Trinajstić information content (AvgIpc) is 2.52. The zero-order valence-electron chi connectivity index (χ0n) is 15.5. The van der Waals surface area contributed by atoms with E-state index in [1.165, 1.54) is 64.2 Å². The lowest BCUT2D eigenvalue weighted by molar-refractivity contribution is -0.145. The zero-order valence-corrected chi connectivity index (χ0v) is 15.5. The van der Waals surface area contributed by atoms with Crippen molar-refractivity contribution < 1.29 is 9.53 Å². The van der Waals surface area contributed by atoms with Gasteiger partial charge in [-0.15, -0.1) is 0 Å². The summed E-state index contributed by atoms with van der Waals surface area (Å²) in [6, 6.07) is 0. The molecule has 2 heteroatoms. The van der Waals surface area contributed by atoms with E-state index in [1.54, 1.807) is 0 Å². The quantitative estimate of drug-likeness (QED) is 0.235. The van der Waals surface area contributed by atoms with Gasteiger partial charge in [-0.05, 0) is 25.2 Å². The van der Waals surface area contributed by atoms with E-state index in [0.717, 1.165) is 19.3 Å². The van der Waals surface area contributed by atoms with Gasteiger partial charge in [0.2, 0.25) is 0 Å². The molecule has 0 aromatic carbocycles. The van der Waals surface area contributed by atoms with Crippen molar-refractivity contribution in [2.45, 2.75) is 111 Å². The molecule has 1 unspecified atom stereocenters. The fourth-order valence-electron chi connectivity index (χ4n) is 2.83. The predicted molar refractivity (Wildman–Crippen MR) is 96.1 cm³/mol. The number of unbranched alkanes of at least 4 members (excludes halogenated alkanes) is 8. The third-order valence-corrected chi connectivity index (χ3v) is 4.40. The predicted octanol–water partition coefficient (Wildman–Crippen LogP) is 6.67. The SMILES string of the molecule is CCCCCCCC(CCCCC)COC(=O)CCCCC. The molecule has 0 aliphatic carbocycles. The van der Waals surface area contributed by atoms with E-state index < -0.39 is 0 Å². The van der Waals surface area contributed by atoms with Crippen LogP contribution in [0, 0.1) is 5.92 Å². The lowest BCUT2D eigenvalue weighted by atomic mass is 9.95. The minimum absolute atomic E-state index is 0.0138. The first-order valence-electron chi connectivity index (χ1n) is 9.90. The van der Waals surface area contributed by atoms with Crippen molar-refractivity contribution >= 4 is 5.97 Å². The van der Waals surface area contributed by atoms with E-state index in [0.29, 0.717) is 18.9 Å². The maximum Gasteiger partial charge on any atom is 0.305 e. The van der Waals surface area contributed by atoms with Crippen molar-refractivity contribution in [3.63, 3.8) is 0 Å². The molecule has 0 aliphatic heterocycles. The van der Waals surface area contributed by atoms with Crippen LogP contribution in [0.5, 0.6) is 0 Å². The fourth-order valence-corrected chi connectivity index (χ4v) is 2.83. The van der Waals surface area contributed by atoms with Gasteiger partial charge in [-0.3, -0.25) is 4.79 Å². The van der Waals surface area contributed by atoms with Crippen LogP contribution in [-0.2, 0) is 9.53 Å². The monoisotopic (exact) mass is 312 g/mol. The Labute approximate surface area is 139 Å². The van der Waals surface area contributed by atoms with E-state index in [2.05, 4.69) is 20.8 Å².